The number of rotatable bonds is 8. The van der Waals surface area contributed by atoms with E-state index in [1.54, 1.807) is 41.8 Å². The van der Waals surface area contributed by atoms with Gasteiger partial charge in [-0.25, -0.2) is 4.98 Å². The number of piperidine rings is 1. The molecule has 1 aromatic heterocycles. The summed E-state index contributed by atoms with van der Waals surface area (Å²) in [6.45, 7) is 3.55. The van der Waals surface area contributed by atoms with Gasteiger partial charge in [0.05, 0.1) is 24.7 Å². The van der Waals surface area contributed by atoms with Gasteiger partial charge in [-0.05, 0) is 43.0 Å². The van der Waals surface area contributed by atoms with Crippen molar-refractivity contribution in [3.63, 3.8) is 0 Å². The van der Waals surface area contributed by atoms with E-state index in [0.29, 0.717) is 41.3 Å². The van der Waals surface area contributed by atoms with Crippen LogP contribution < -0.4 is 14.8 Å². The van der Waals surface area contributed by atoms with E-state index in [-0.39, 0.29) is 17.7 Å². The number of ether oxygens (including phenoxy) is 2. The molecule has 0 bridgehead atoms. The van der Waals surface area contributed by atoms with Gasteiger partial charge in [-0.15, -0.1) is 11.3 Å². The maximum atomic E-state index is 12.7. The molecule has 2 amide bonds. The molecule has 1 aliphatic heterocycles. The van der Waals surface area contributed by atoms with Crippen molar-refractivity contribution < 1.29 is 19.1 Å². The quantitative estimate of drug-likeness (QED) is 0.583. The molecule has 0 radical (unpaired) electrons. The van der Waals surface area contributed by atoms with E-state index in [4.69, 9.17) is 21.1 Å². The van der Waals surface area contributed by atoms with E-state index >= 15 is 0 Å². The SMILES string of the molecule is CCCOc1c(Cl)cc(C=CC(=O)N2CCCC(C(=O)Nc3nccs3)C2)cc1OC. The largest absolute Gasteiger partial charge is 0.493 e. The van der Waals surface area contributed by atoms with Gasteiger partial charge >= 0.3 is 0 Å². The number of halogens is 1. The molecule has 1 aliphatic rings. The van der Waals surface area contributed by atoms with E-state index < -0.39 is 0 Å². The Bertz CT molecular complexity index is 933. The second kappa shape index (κ2) is 11.2. The van der Waals surface area contributed by atoms with Crippen LogP contribution in [-0.4, -0.2) is 48.5 Å². The predicted molar refractivity (Wildman–Crippen MR) is 123 cm³/mol. The Morgan fingerprint density at radius 2 is 2.26 bits per heavy atom. The number of nitrogens with one attached hydrogen (secondary N) is 1. The topological polar surface area (TPSA) is 80.8 Å². The summed E-state index contributed by atoms with van der Waals surface area (Å²) in [4.78, 5) is 31.0. The molecule has 3 rings (SSSR count). The highest BCUT2D eigenvalue weighted by atomic mass is 35.5. The van der Waals surface area contributed by atoms with Crippen molar-refractivity contribution in [1.29, 1.82) is 0 Å². The first-order chi connectivity index (χ1) is 15.0. The van der Waals surface area contributed by atoms with Crippen molar-refractivity contribution in [3.8, 4) is 11.5 Å². The number of hydrogen-bond acceptors (Lipinski definition) is 6. The smallest absolute Gasteiger partial charge is 0.246 e. The molecule has 1 aromatic carbocycles. The molecule has 9 heteroatoms. The summed E-state index contributed by atoms with van der Waals surface area (Å²) in [5, 5.41) is 5.63. The number of hydrogen-bond donors (Lipinski definition) is 1. The first-order valence-corrected chi connectivity index (χ1v) is 11.4. The number of likely N-dealkylation sites (tertiary alicyclic amines) is 1. The van der Waals surface area contributed by atoms with Crippen LogP contribution in [0.1, 0.15) is 31.7 Å². The van der Waals surface area contributed by atoms with Crippen molar-refractivity contribution in [1.82, 2.24) is 9.88 Å². The number of methoxy groups -OCH3 is 1. The highest BCUT2D eigenvalue weighted by Crippen LogP contribution is 2.37. The minimum absolute atomic E-state index is 0.101. The number of carbonyl (C=O) groups is 2. The molecule has 1 fully saturated rings. The molecule has 1 unspecified atom stereocenters. The molecule has 1 N–H and O–H groups in total. The molecule has 0 saturated carbocycles. The summed E-state index contributed by atoms with van der Waals surface area (Å²) in [5.74, 6) is 0.521. The van der Waals surface area contributed by atoms with E-state index in [1.807, 2.05) is 6.92 Å². The Kier molecular flexibility index (Phi) is 8.31. The van der Waals surface area contributed by atoms with Crippen LogP contribution >= 0.6 is 22.9 Å². The van der Waals surface area contributed by atoms with Crippen LogP contribution in [0.4, 0.5) is 5.13 Å². The summed E-state index contributed by atoms with van der Waals surface area (Å²) in [6, 6.07) is 3.51. The number of aromatic nitrogens is 1. The van der Waals surface area contributed by atoms with Crippen molar-refractivity contribution in [2.24, 2.45) is 5.92 Å². The van der Waals surface area contributed by atoms with Gasteiger partial charge in [-0.3, -0.25) is 9.59 Å². The summed E-state index contributed by atoms with van der Waals surface area (Å²) in [6.07, 6.45) is 7.22. The first kappa shape index (κ1) is 23.1. The fraction of sp³-hybridized carbons (Fsp3) is 0.409. The third kappa shape index (κ3) is 6.21. The van der Waals surface area contributed by atoms with Crippen molar-refractivity contribution >= 4 is 46.0 Å². The number of anilines is 1. The van der Waals surface area contributed by atoms with Crippen LogP contribution in [0.3, 0.4) is 0 Å². The first-order valence-electron chi connectivity index (χ1n) is 10.2. The zero-order valence-electron chi connectivity index (χ0n) is 17.6. The molecule has 166 valence electrons. The van der Waals surface area contributed by atoms with Crippen LogP contribution in [0.5, 0.6) is 11.5 Å². The molecule has 2 aromatic rings. The second-order valence-electron chi connectivity index (χ2n) is 7.17. The normalized spacial score (nSPS) is 16.4. The second-order valence-corrected chi connectivity index (χ2v) is 8.47. The third-order valence-corrected chi connectivity index (χ3v) is 5.86. The molecule has 0 aliphatic carbocycles. The van der Waals surface area contributed by atoms with Gasteiger partial charge in [0, 0.05) is 30.7 Å². The molecule has 1 atom stereocenters. The van der Waals surface area contributed by atoms with Gasteiger partial charge in [-0.2, -0.15) is 0 Å². The minimum atomic E-state index is -0.250. The monoisotopic (exact) mass is 463 g/mol. The van der Waals surface area contributed by atoms with Gasteiger partial charge in [-0.1, -0.05) is 18.5 Å². The van der Waals surface area contributed by atoms with Crippen LogP contribution in [-0.2, 0) is 9.59 Å². The van der Waals surface area contributed by atoms with Gasteiger partial charge < -0.3 is 19.7 Å². The van der Waals surface area contributed by atoms with E-state index in [0.717, 1.165) is 24.8 Å². The summed E-state index contributed by atoms with van der Waals surface area (Å²) in [7, 11) is 1.55. The summed E-state index contributed by atoms with van der Waals surface area (Å²) < 4.78 is 11.0. The number of nitrogens with zero attached hydrogens (tertiary/aromatic N) is 2. The maximum Gasteiger partial charge on any atom is 0.246 e. The van der Waals surface area contributed by atoms with Gasteiger partial charge in [0.15, 0.2) is 16.6 Å². The van der Waals surface area contributed by atoms with Crippen LogP contribution in [0.2, 0.25) is 5.02 Å². The van der Waals surface area contributed by atoms with E-state index in [2.05, 4.69) is 10.3 Å². The average molecular weight is 464 g/mol. The van der Waals surface area contributed by atoms with Gasteiger partial charge in [0.1, 0.15) is 0 Å². The standard InChI is InChI=1S/C22H26ClN3O4S/c1-3-10-30-20-17(23)12-15(13-18(20)29-2)6-7-19(27)26-9-4-5-16(14-26)21(28)25-22-24-8-11-31-22/h6-8,11-13,16H,3-5,9-10,14H2,1-2H3,(H,24,25,28). The lowest BCUT2D eigenvalue weighted by Crippen LogP contribution is -2.43. The Labute approximate surface area is 191 Å². The Morgan fingerprint density at radius 1 is 1.42 bits per heavy atom. The number of thiazole rings is 1. The highest BCUT2D eigenvalue weighted by molar-refractivity contribution is 7.13. The van der Waals surface area contributed by atoms with Crippen molar-refractivity contribution in [2.45, 2.75) is 26.2 Å². The van der Waals surface area contributed by atoms with Gasteiger partial charge in [0.2, 0.25) is 11.8 Å². The molecule has 31 heavy (non-hydrogen) atoms. The molecule has 2 heterocycles. The zero-order chi connectivity index (χ0) is 22.2. The Hall–Kier alpha value is -2.58. The predicted octanol–water partition coefficient (Wildman–Crippen LogP) is 4.48. The Morgan fingerprint density at radius 3 is 2.97 bits per heavy atom. The fourth-order valence-electron chi connectivity index (χ4n) is 3.34. The lowest BCUT2D eigenvalue weighted by Gasteiger charge is -2.31. The lowest BCUT2D eigenvalue weighted by molar-refractivity contribution is -0.130. The van der Waals surface area contributed by atoms with E-state index in [1.165, 1.54) is 17.4 Å². The molecule has 1 saturated heterocycles. The van der Waals surface area contributed by atoms with Crippen molar-refractivity contribution in [2.75, 3.05) is 32.1 Å². The third-order valence-electron chi connectivity index (χ3n) is 4.89. The molecular weight excluding hydrogens is 438 g/mol. The lowest BCUT2D eigenvalue weighted by atomic mass is 9.97. The van der Waals surface area contributed by atoms with E-state index in [9.17, 15) is 9.59 Å². The summed E-state index contributed by atoms with van der Waals surface area (Å²) in [5.41, 5.74) is 0.731. The van der Waals surface area contributed by atoms with Crippen LogP contribution in [0, 0.1) is 5.92 Å². The van der Waals surface area contributed by atoms with Crippen LogP contribution in [0.25, 0.3) is 6.08 Å². The summed E-state index contributed by atoms with van der Waals surface area (Å²) >= 11 is 7.71. The zero-order valence-corrected chi connectivity index (χ0v) is 19.2. The molecule has 7 nitrogen and oxygen atoms in total. The number of amides is 2. The highest BCUT2D eigenvalue weighted by Gasteiger charge is 2.28. The Balaban J connectivity index is 1.63. The van der Waals surface area contributed by atoms with Crippen LogP contribution in [0.15, 0.2) is 29.8 Å². The average Bonchev–Trinajstić information content (AvgIpc) is 3.29. The van der Waals surface area contributed by atoms with Crippen molar-refractivity contribution in [3.05, 3.63) is 40.4 Å². The number of benzene rings is 1. The number of carbonyl (C=O) groups excluding carboxylic acids is 2. The fourth-order valence-corrected chi connectivity index (χ4v) is 4.14. The molecular formula is C22H26ClN3O4S. The van der Waals surface area contributed by atoms with Gasteiger partial charge in [0.25, 0.3) is 0 Å². The molecule has 0 spiro atoms. The minimum Gasteiger partial charge on any atom is -0.493 e. The maximum absolute atomic E-state index is 12.7.